The molecule has 0 saturated heterocycles. The van der Waals surface area contributed by atoms with Crippen LogP contribution < -0.4 is 16.3 Å². The van der Waals surface area contributed by atoms with E-state index in [2.05, 4.69) is 10.6 Å². The van der Waals surface area contributed by atoms with Gasteiger partial charge in [0, 0.05) is 19.1 Å². The third-order valence-corrected chi connectivity index (χ3v) is 3.70. The molecule has 120 valence electrons. The first kappa shape index (κ1) is 16.3. The van der Waals surface area contributed by atoms with Gasteiger partial charge in [0.05, 0.1) is 11.0 Å². The van der Waals surface area contributed by atoms with Gasteiger partial charge in [-0.1, -0.05) is 19.1 Å². The Hall–Kier alpha value is -2.08. The highest BCUT2D eigenvalue weighted by Crippen LogP contribution is 2.12. The van der Waals surface area contributed by atoms with Crippen LogP contribution in [0.3, 0.4) is 0 Å². The van der Waals surface area contributed by atoms with Gasteiger partial charge in [-0.2, -0.15) is 0 Å². The van der Waals surface area contributed by atoms with Crippen molar-refractivity contribution < 1.29 is 4.79 Å². The van der Waals surface area contributed by atoms with Gasteiger partial charge in [-0.3, -0.25) is 13.9 Å². The molecular formula is C16H24N4O2. The van der Waals surface area contributed by atoms with Gasteiger partial charge in [0.2, 0.25) is 5.91 Å². The molecule has 0 aliphatic rings. The fourth-order valence-corrected chi connectivity index (χ4v) is 2.62. The molecule has 0 unspecified atom stereocenters. The number of aryl methyl sites for hydroxylation is 1. The average Bonchev–Trinajstić information content (AvgIpc) is 2.78. The number of fused-ring (bicyclic) bond motifs is 1. The van der Waals surface area contributed by atoms with E-state index in [4.69, 9.17) is 0 Å². The standard InChI is InChI=1S/C16H24N4O2/c1-4-17-12(3)10-18-15(21)11-20-14-9-7-6-8-13(14)19(5-2)16(20)22/h6-9,12,17H,4-5,10-11H2,1-3H3,(H,18,21)/t12-/m1/s1. The maximum absolute atomic E-state index is 12.4. The first-order valence-corrected chi connectivity index (χ1v) is 7.76. The predicted molar refractivity (Wildman–Crippen MR) is 88.0 cm³/mol. The highest BCUT2D eigenvalue weighted by Gasteiger charge is 2.14. The molecule has 2 N–H and O–H groups in total. The van der Waals surface area contributed by atoms with E-state index in [9.17, 15) is 9.59 Å². The molecule has 6 nitrogen and oxygen atoms in total. The van der Waals surface area contributed by atoms with E-state index in [0.717, 1.165) is 17.6 Å². The lowest BCUT2D eigenvalue weighted by Gasteiger charge is -2.13. The molecule has 0 aliphatic heterocycles. The molecule has 1 heterocycles. The Morgan fingerprint density at radius 3 is 2.41 bits per heavy atom. The van der Waals surface area contributed by atoms with Crippen LogP contribution in [0.4, 0.5) is 0 Å². The highest BCUT2D eigenvalue weighted by atomic mass is 16.2. The fourth-order valence-electron chi connectivity index (χ4n) is 2.62. The quantitative estimate of drug-likeness (QED) is 0.800. The van der Waals surface area contributed by atoms with Crippen molar-refractivity contribution >= 4 is 16.9 Å². The number of nitrogens with one attached hydrogen (secondary N) is 2. The van der Waals surface area contributed by atoms with E-state index in [1.807, 2.05) is 45.0 Å². The van der Waals surface area contributed by atoms with Crippen molar-refractivity contribution in [2.75, 3.05) is 13.1 Å². The van der Waals surface area contributed by atoms with E-state index in [1.54, 1.807) is 4.57 Å². The number of hydrogen-bond donors (Lipinski definition) is 2. The van der Waals surface area contributed by atoms with Gasteiger partial charge >= 0.3 is 5.69 Å². The Kier molecular flexibility index (Phi) is 5.38. The molecule has 22 heavy (non-hydrogen) atoms. The second-order valence-corrected chi connectivity index (χ2v) is 5.36. The smallest absolute Gasteiger partial charge is 0.329 e. The van der Waals surface area contributed by atoms with Crippen molar-refractivity contribution in [3.05, 3.63) is 34.7 Å². The summed E-state index contributed by atoms with van der Waals surface area (Å²) in [4.78, 5) is 24.5. The lowest BCUT2D eigenvalue weighted by molar-refractivity contribution is -0.121. The van der Waals surface area contributed by atoms with E-state index in [1.165, 1.54) is 4.57 Å². The Morgan fingerprint density at radius 1 is 1.18 bits per heavy atom. The maximum atomic E-state index is 12.4. The summed E-state index contributed by atoms with van der Waals surface area (Å²) in [7, 11) is 0. The van der Waals surface area contributed by atoms with Gasteiger partial charge in [-0.25, -0.2) is 4.79 Å². The molecular weight excluding hydrogens is 280 g/mol. The predicted octanol–water partition coefficient (Wildman–Crippen LogP) is 0.937. The largest absolute Gasteiger partial charge is 0.353 e. The molecule has 0 saturated carbocycles. The van der Waals surface area contributed by atoms with E-state index >= 15 is 0 Å². The summed E-state index contributed by atoms with van der Waals surface area (Å²) in [5.41, 5.74) is 1.52. The number of aromatic nitrogens is 2. The first-order valence-electron chi connectivity index (χ1n) is 7.76. The SMILES string of the molecule is CCN[C@H](C)CNC(=O)Cn1c(=O)n(CC)c2ccccc21. The number of para-hydroxylation sites is 2. The molecule has 6 heteroatoms. The van der Waals surface area contributed by atoms with E-state index in [-0.39, 0.29) is 24.2 Å². The van der Waals surface area contributed by atoms with Crippen LogP contribution in [0.5, 0.6) is 0 Å². The van der Waals surface area contributed by atoms with Crippen molar-refractivity contribution in [1.29, 1.82) is 0 Å². The third kappa shape index (κ3) is 3.39. The molecule has 2 rings (SSSR count). The lowest BCUT2D eigenvalue weighted by Crippen LogP contribution is -2.41. The average molecular weight is 304 g/mol. The number of amides is 1. The number of imidazole rings is 1. The number of nitrogens with zero attached hydrogens (tertiary/aromatic N) is 2. The van der Waals surface area contributed by atoms with Crippen LogP contribution in [0, 0.1) is 0 Å². The summed E-state index contributed by atoms with van der Waals surface area (Å²) in [6.07, 6.45) is 0. The van der Waals surface area contributed by atoms with Crippen LogP contribution in [-0.2, 0) is 17.9 Å². The third-order valence-electron chi connectivity index (χ3n) is 3.70. The van der Waals surface area contributed by atoms with Gasteiger partial charge in [-0.15, -0.1) is 0 Å². The van der Waals surface area contributed by atoms with E-state index in [0.29, 0.717) is 13.1 Å². The van der Waals surface area contributed by atoms with Crippen LogP contribution in [0.15, 0.2) is 29.1 Å². The maximum Gasteiger partial charge on any atom is 0.329 e. The molecule has 0 radical (unpaired) electrons. The zero-order valence-corrected chi connectivity index (χ0v) is 13.4. The number of carbonyl (C=O) groups is 1. The molecule has 1 atom stereocenters. The summed E-state index contributed by atoms with van der Waals surface area (Å²) in [5.74, 6) is -0.147. The minimum Gasteiger partial charge on any atom is -0.353 e. The summed E-state index contributed by atoms with van der Waals surface area (Å²) >= 11 is 0. The second kappa shape index (κ2) is 7.26. The van der Waals surface area contributed by atoms with Gasteiger partial charge < -0.3 is 10.6 Å². The van der Waals surface area contributed by atoms with Gasteiger partial charge in [0.1, 0.15) is 6.54 Å². The van der Waals surface area contributed by atoms with Gasteiger partial charge in [0.15, 0.2) is 0 Å². The van der Waals surface area contributed by atoms with Crippen molar-refractivity contribution in [3.8, 4) is 0 Å². The van der Waals surface area contributed by atoms with Crippen molar-refractivity contribution in [1.82, 2.24) is 19.8 Å². The van der Waals surface area contributed by atoms with E-state index < -0.39 is 0 Å². The summed E-state index contributed by atoms with van der Waals surface area (Å²) < 4.78 is 3.22. The molecule has 0 fully saturated rings. The molecule has 0 aliphatic carbocycles. The summed E-state index contributed by atoms with van der Waals surface area (Å²) in [6, 6.07) is 7.77. The monoisotopic (exact) mass is 304 g/mol. The molecule has 1 aromatic heterocycles. The number of rotatable bonds is 7. The minimum absolute atomic E-state index is 0.0468. The highest BCUT2D eigenvalue weighted by molar-refractivity contribution is 5.80. The first-order chi connectivity index (χ1) is 10.6. The summed E-state index contributed by atoms with van der Waals surface area (Å²) in [6.45, 7) is 8.01. The minimum atomic E-state index is -0.147. The molecule has 1 amide bonds. The van der Waals surface area contributed by atoms with Crippen molar-refractivity contribution in [2.45, 2.75) is 39.9 Å². The van der Waals surface area contributed by atoms with Crippen LogP contribution >= 0.6 is 0 Å². The summed E-state index contributed by atoms with van der Waals surface area (Å²) in [5, 5.41) is 6.10. The topological polar surface area (TPSA) is 68.1 Å². The van der Waals surface area contributed by atoms with Gasteiger partial charge in [0.25, 0.3) is 0 Å². The Morgan fingerprint density at radius 2 is 1.82 bits per heavy atom. The lowest BCUT2D eigenvalue weighted by atomic mass is 10.3. The van der Waals surface area contributed by atoms with Crippen LogP contribution in [0.1, 0.15) is 20.8 Å². The second-order valence-electron chi connectivity index (χ2n) is 5.36. The van der Waals surface area contributed by atoms with Crippen LogP contribution in [0.25, 0.3) is 11.0 Å². The molecule has 1 aromatic carbocycles. The number of likely N-dealkylation sites (N-methyl/N-ethyl adjacent to an activating group) is 1. The molecule has 0 spiro atoms. The Bertz CT molecular complexity index is 702. The molecule has 2 aromatic rings. The number of benzene rings is 1. The number of carbonyl (C=O) groups excluding carboxylic acids is 1. The van der Waals surface area contributed by atoms with Crippen LogP contribution in [-0.4, -0.2) is 34.2 Å². The zero-order chi connectivity index (χ0) is 16.1. The van der Waals surface area contributed by atoms with Gasteiger partial charge in [-0.05, 0) is 32.5 Å². The number of hydrogen-bond acceptors (Lipinski definition) is 3. The Labute approximate surface area is 130 Å². The Balaban J connectivity index is 2.16. The fraction of sp³-hybridized carbons (Fsp3) is 0.500. The molecule has 0 bridgehead atoms. The van der Waals surface area contributed by atoms with Crippen molar-refractivity contribution in [3.63, 3.8) is 0 Å². The normalized spacial score (nSPS) is 12.5. The van der Waals surface area contributed by atoms with Crippen molar-refractivity contribution in [2.24, 2.45) is 0 Å². The van der Waals surface area contributed by atoms with Crippen LogP contribution in [0.2, 0.25) is 0 Å². The zero-order valence-electron chi connectivity index (χ0n) is 13.4.